The van der Waals surface area contributed by atoms with Gasteiger partial charge in [-0.15, -0.1) is 0 Å². The Hall–Kier alpha value is -1.10. The van der Waals surface area contributed by atoms with Crippen molar-refractivity contribution in [3.63, 3.8) is 0 Å². The van der Waals surface area contributed by atoms with Crippen LogP contribution in [0.4, 0.5) is 10.1 Å². The molecule has 0 bridgehead atoms. The van der Waals surface area contributed by atoms with Crippen LogP contribution in [0, 0.1) is 12.7 Å². The smallest absolute Gasteiger partial charge is 0.242 e. The van der Waals surface area contributed by atoms with Crippen molar-refractivity contribution in [2.75, 3.05) is 5.32 Å². The average molecular weight is 331 g/mol. The topological polar surface area (TPSA) is 41.1 Å². The Morgan fingerprint density at radius 1 is 1.42 bits per heavy atom. The minimum Gasteiger partial charge on any atom is -0.374 e. The summed E-state index contributed by atoms with van der Waals surface area (Å²) >= 11 is 3.14. The molecule has 106 valence electrons. The molecule has 1 rings (SSSR count). The minimum atomic E-state index is -0.409. The molecule has 0 aromatic heterocycles. The predicted molar refractivity (Wildman–Crippen MR) is 79.8 cm³/mol. The Bertz CT molecular complexity index is 465. The molecule has 2 atom stereocenters. The molecule has 0 aliphatic rings. The lowest BCUT2D eigenvalue weighted by Gasteiger charge is -2.19. The van der Waals surface area contributed by atoms with E-state index >= 15 is 0 Å². The zero-order valence-corrected chi connectivity index (χ0v) is 13.3. The monoisotopic (exact) mass is 330 g/mol. The number of nitrogens with one attached hydrogen (secondary N) is 2. The van der Waals surface area contributed by atoms with Crippen molar-refractivity contribution in [2.24, 2.45) is 0 Å². The molecule has 1 aromatic carbocycles. The number of halogens is 2. The average Bonchev–Trinajstić information content (AvgIpc) is 2.35. The Kier molecular flexibility index (Phi) is 5.79. The first kappa shape index (κ1) is 16.0. The normalized spacial score (nSPS) is 13.8. The summed E-state index contributed by atoms with van der Waals surface area (Å²) in [7, 11) is 0. The maximum Gasteiger partial charge on any atom is 0.242 e. The number of aryl methyl sites for hydroxylation is 1. The molecule has 0 aliphatic heterocycles. The molecular formula is C14H20BrFN2O. The van der Waals surface area contributed by atoms with Gasteiger partial charge in [0, 0.05) is 11.7 Å². The summed E-state index contributed by atoms with van der Waals surface area (Å²) in [5, 5.41) is 5.93. The molecular weight excluding hydrogens is 311 g/mol. The van der Waals surface area contributed by atoms with E-state index in [4.69, 9.17) is 0 Å². The Balaban J connectivity index is 2.74. The lowest BCUT2D eigenvalue weighted by atomic mass is 10.1. The van der Waals surface area contributed by atoms with Crippen LogP contribution in [0.1, 0.15) is 32.8 Å². The first-order valence-corrected chi connectivity index (χ1v) is 7.17. The first-order valence-electron chi connectivity index (χ1n) is 6.37. The van der Waals surface area contributed by atoms with E-state index < -0.39 is 6.04 Å². The lowest BCUT2D eigenvalue weighted by molar-refractivity contribution is -0.122. The van der Waals surface area contributed by atoms with Crippen LogP contribution in [-0.2, 0) is 4.79 Å². The molecule has 0 saturated heterocycles. The van der Waals surface area contributed by atoms with Crippen molar-refractivity contribution in [3.05, 3.63) is 28.0 Å². The zero-order valence-electron chi connectivity index (χ0n) is 11.7. The number of carbonyl (C=O) groups excluding carboxylic acids is 1. The molecule has 19 heavy (non-hydrogen) atoms. The Labute approximate surface area is 122 Å². The number of carbonyl (C=O) groups is 1. The van der Waals surface area contributed by atoms with E-state index in [0.29, 0.717) is 10.2 Å². The number of amides is 1. The Morgan fingerprint density at radius 3 is 2.63 bits per heavy atom. The van der Waals surface area contributed by atoms with E-state index in [1.54, 1.807) is 13.0 Å². The van der Waals surface area contributed by atoms with E-state index in [0.717, 1.165) is 12.0 Å². The second-order valence-electron chi connectivity index (χ2n) is 4.77. The van der Waals surface area contributed by atoms with Crippen LogP contribution in [0.25, 0.3) is 0 Å². The number of rotatable bonds is 5. The van der Waals surface area contributed by atoms with Gasteiger partial charge in [0.25, 0.3) is 0 Å². The third-order valence-electron chi connectivity index (χ3n) is 3.03. The van der Waals surface area contributed by atoms with Crippen molar-refractivity contribution in [1.82, 2.24) is 5.32 Å². The number of benzene rings is 1. The van der Waals surface area contributed by atoms with Crippen molar-refractivity contribution in [3.8, 4) is 0 Å². The van der Waals surface area contributed by atoms with Gasteiger partial charge in [-0.25, -0.2) is 4.39 Å². The van der Waals surface area contributed by atoms with Crippen molar-refractivity contribution >= 4 is 27.5 Å². The first-order chi connectivity index (χ1) is 8.85. The van der Waals surface area contributed by atoms with Gasteiger partial charge in [0.2, 0.25) is 5.91 Å². The van der Waals surface area contributed by atoms with Gasteiger partial charge in [0.05, 0.1) is 4.47 Å². The third-order valence-corrected chi connectivity index (χ3v) is 3.64. The quantitative estimate of drug-likeness (QED) is 0.865. The summed E-state index contributed by atoms with van der Waals surface area (Å²) in [6.45, 7) is 7.59. The molecule has 5 heteroatoms. The van der Waals surface area contributed by atoms with E-state index in [2.05, 4.69) is 26.6 Å². The maximum absolute atomic E-state index is 13.5. The van der Waals surface area contributed by atoms with Crippen molar-refractivity contribution < 1.29 is 9.18 Å². The van der Waals surface area contributed by atoms with Crippen LogP contribution in [0.5, 0.6) is 0 Å². The maximum atomic E-state index is 13.5. The number of hydrogen-bond donors (Lipinski definition) is 2. The fourth-order valence-electron chi connectivity index (χ4n) is 1.57. The van der Waals surface area contributed by atoms with Gasteiger partial charge in [-0.1, -0.05) is 6.92 Å². The van der Waals surface area contributed by atoms with Gasteiger partial charge in [-0.3, -0.25) is 4.79 Å². The molecule has 0 spiro atoms. The van der Waals surface area contributed by atoms with Crippen LogP contribution >= 0.6 is 15.9 Å². The van der Waals surface area contributed by atoms with Gasteiger partial charge in [-0.05, 0) is 60.8 Å². The van der Waals surface area contributed by atoms with Crippen molar-refractivity contribution in [1.29, 1.82) is 0 Å². The van der Waals surface area contributed by atoms with Crippen LogP contribution < -0.4 is 10.6 Å². The van der Waals surface area contributed by atoms with Gasteiger partial charge < -0.3 is 10.6 Å². The molecule has 0 fully saturated rings. The SMILES string of the molecule is CCC(C)NC(=O)C(C)Nc1cc(F)c(Br)cc1C. The second kappa shape index (κ2) is 6.89. The third kappa shape index (κ3) is 4.49. The van der Waals surface area contributed by atoms with Crippen LogP contribution in [-0.4, -0.2) is 18.0 Å². The summed E-state index contributed by atoms with van der Waals surface area (Å²) in [5.41, 5.74) is 1.52. The molecule has 1 aromatic rings. The fourth-order valence-corrected chi connectivity index (χ4v) is 2.03. The molecule has 0 aliphatic carbocycles. The second-order valence-corrected chi connectivity index (χ2v) is 5.62. The lowest BCUT2D eigenvalue weighted by Crippen LogP contribution is -2.42. The molecule has 2 unspecified atom stereocenters. The van der Waals surface area contributed by atoms with Gasteiger partial charge in [0.1, 0.15) is 11.9 Å². The highest BCUT2D eigenvalue weighted by atomic mass is 79.9. The molecule has 1 amide bonds. The summed E-state index contributed by atoms with van der Waals surface area (Å²) in [6.07, 6.45) is 0.879. The number of hydrogen-bond acceptors (Lipinski definition) is 2. The van der Waals surface area contributed by atoms with E-state index in [1.807, 2.05) is 20.8 Å². The highest BCUT2D eigenvalue weighted by Crippen LogP contribution is 2.24. The van der Waals surface area contributed by atoms with E-state index in [1.165, 1.54) is 6.07 Å². The highest BCUT2D eigenvalue weighted by Gasteiger charge is 2.16. The van der Waals surface area contributed by atoms with Gasteiger partial charge in [-0.2, -0.15) is 0 Å². The molecule has 0 heterocycles. The summed E-state index contributed by atoms with van der Waals surface area (Å²) in [4.78, 5) is 11.9. The van der Waals surface area contributed by atoms with Crippen LogP contribution in [0.15, 0.2) is 16.6 Å². The standard InChI is InChI=1S/C14H20BrFN2O/c1-5-9(3)17-14(19)10(4)18-13-7-12(16)11(15)6-8(13)2/h6-7,9-10,18H,5H2,1-4H3,(H,17,19). The molecule has 0 radical (unpaired) electrons. The van der Waals surface area contributed by atoms with E-state index in [-0.39, 0.29) is 17.8 Å². The van der Waals surface area contributed by atoms with E-state index in [9.17, 15) is 9.18 Å². The summed E-state index contributed by atoms with van der Waals surface area (Å²) < 4.78 is 13.9. The molecule has 2 N–H and O–H groups in total. The fraction of sp³-hybridized carbons (Fsp3) is 0.500. The van der Waals surface area contributed by atoms with Crippen LogP contribution in [0.2, 0.25) is 0 Å². The Morgan fingerprint density at radius 2 is 2.05 bits per heavy atom. The minimum absolute atomic E-state index is 0.0860. The summed E-state index contributed by atoms with van der Waals surface area (Å²) in [6, 6.07) is 2.82. The summed E-state index contributed by atoms with van der Waals surface area (Å²) in [5.74, 6) is -0.431. The van der Waals surface area contributed by atoms with Crippen molar-refractivity contribution in [2.45, 2.75) is 46.2 Å². The zero-order chi connectivity index (χ0) is 14.6. The highest BCUT2D eigenvalue weighted by molar-refractivity contribution is 9.10. The molecule has 0 saturated carbocycles. The molecule has 3 nitrogen and oxygen atoms in total. The van der Waals surface area contributed by atoms with Gasteiger partial charge >= 0.3 is 0 Å². The number of anilines is 1. The van der Waals surface area contributed by atoms with Crippen LogP contribution in [0.3, 0.4) is 0 Å². The predicted octanol–water partition coefficient (Wildman–Crippen LogP) is 3.61. The largest absolute Gasteiger partial charge is 0.374 e. The van der Waals surface area contributed by atoms with Gasteiger partial charge in [0.15, 0.2) is 0 Å².